The number of hydrogen-bond donors (Lipinski definition) is 1. The van der Waals surface area contributed by atoms with Crippen LogP contribution in [0.1, 0.15) is 25.0 Å². The third-order valence-electron chi connectivity index (χ3n) is 3.51. The summed E-state index contributed by atoms with van der Waals surface area (Å²) in [6, 6.07) is 15.1. The lowest BCUT2D eigenvalue weighted by molar-refractivity contribution is -0.212. The van der Waals surface area contributed by atoms with Crippen molar-refractivity contribution in [2.45, 2.75) is 32.8 Å². The molecule has 1 N–H and O–H groups in total. The van der Waals surface area contributed by atoms with Crippen molar-refractivity contribution in [1.82, 2.24) is 0 Å². The van der Waals surface area contributed by atoms with Crippen LogP contribution in [0.4, 0.5) is 0 Å². The van der Waals surface area contributed by atoms with Gasteiger partial charge in [0.05, 0.1) is 0 Å². The molecule has 0 fully saturated rings. The normalized spacial score (nSPS) is 13.5. The topological polar surface area (TPSA) is 57.2 Å². The fourth-order valence-corrected chi connectivity index (χ4v) is 2.06. The Morgan fingerprint density at radius 2 is 1.38 bits per heavy atom. The van der Waals surface area contributed by atoms with Gasteiger partial charge in [0.15, 0.2) is 19.4 Å². The highest BCUT2D eigenvalue weighted by molar-refractivity contribution is 5.33. The van der Waals surface area contributed by atoms with Gasteiger partial charge in [0.2, 0.25) is 0 Å². The Morgan fingerprint density at radius 3 is 1.96 bits per heavy atom. The molecule has 0 spiro atoms. The first-order valence-electron chi connectivity index (χ1n) is 7.86. The van der Waals surface area contributed by atoms with Gasteiger partial charge in [0.25, 0.3) is 0 Å². The van der Waals surface area contributed by atoms with Crippen molar-refractivity contribution in [3.05, 3.63) is 59.7 Å². The summed E-state index contributed by atoms with van der Waals surface area (Å²) in [5.41, 5.74) is 2.31. The van der Waals surface area contributed by atoms with Crippen molar-refractivity contribution in [2.24, 2.45) is 0 Å². The average Bonchev–Trinajstić information content (AvgIpc) is 2.58. The Morgan fingerprint density at radius 1 is 0.833 bits per heavy atom. The molecule has 2 rings (SSSR count). The number of ether oxygens (including phenoxy) is 4. The molecular formula is C19H24O5. The molecule has 0 amide bonds. The summed E-state index contributed by atoms with van der Waals surface area (Å²) in [6.07, 6.45) is 0.0726. The van der Waals surface area contributed by atoms with Crippen molar-refractivity contribution >= 4 is 0 Å². The highest BCUT2D eigenvalue weighted by Crippen LogP contribution is 2.18. The van der Waals surface area contributed by atoms with Crippen molar-refractivity contribution < 1.29 is 24.1 Å². The first-order valence-corrected chi connectivity index (χ1v) is 7.86. The molecule has 0 saturated heterocycles. The van der Waals surface area contributed by atoms with Crippen LogP contribution in [0.15, 0.2) is 48.5 Å². The van der Waals surface area contributed by atoms with Gasteiger partial charge in [0, 0.05) is 7.11 Å². The number of phenolic OH excluding ortho intramolecular Hbond substituents is 1. The van der Waals surface area contributed by atoms with Gasteiger partial charge in [-0.15, -0.1) is 0 Å². The Balaban J connectivity index is 1.80. The lowest BCUT2D eigenvalue weighted by Crippen LogP contribution is -2.21. The van der Waals surface area contributed by atoms with Gasteiger partial charge in [-0.25, -0.2) is 0 Å². The SMILES string of the molecule is COC(C)OCOC(C)Oc1ccc(Cc2ccc(O)cc2)cc1. The van der Waals surface area contributed by atoms with Gasteiger partial charge in [0.1, 0.15) is 11.5 Å². The molecule has 0 heterocycles. The third-order valence-corrected chi connectivity index (χ3v) is 3.51. The largest absolute Gasteiger partial charge is 0.508 e. The van der Waals surface area contributed by atoms with E-state index in [1.165, 1.54) is 5.56 Å². The van der Waals surface area contributed by atoms with Crippen LogP contribution < -0.4 is 4.74 Å². The maximum Gasteiger partial charge on any atom is 0.199 e. The Labute approximate surface area is 142 Å². The van der Waals surface area contributed by atoms with E-state index >= 15 is 0 Å². The van der Waals surface area contributed by atoms with Crippen molar-refractivity contribution in [3.63, 3.8) is 0 Å². The number of hydrogen-bond acceptors (Lipinski definition) is 5. The lowest BCUT2D eigenvalue weighted by Gasteiger charge is -2.17. The second kappa shape index (κ2) is 9.27. The Bertz CT molecular complexity index is 594. The fourth-order valence-electron chi connectivity index (χ4n) is 2.06. The zero-order chi connectivity index (χ0) is 17.4. The number of rotatable bonds is 9. The Kier molecular flexibility index (Phi) is 7.06. The number of benzene rings is 2. The summed E-state index contributed by atoms with van der Waals surface area (Å²) in [5.74, 6) is 1.01. The van der Waals surface area contributed by atoms with Crippen LogP contribution in [-0.2, 0) is 20.6 Å². The summed E-state index contributed by atoms with van der Waals surface area (Å²) < 4.78 is 21.3. The maximum atomic E-state index is 9.30. The third kappa shape index (κ3) is 6.20. The zero-order valence-corrected chi connectivity index (χ0v) is 14.3. The predicted molar refractivity (Wildman–Crippen MR) is 91.0 cm³/mol. The molecule has 130 valence electrons. The van der Waals surface area contributed by atoms with Gasteiger partial charge in [-0.1, -0.05) is 24.3 Å². The van der Waals surface area contributed by atoms with E-state index < -0.39 is 6.29 Å². The molecule has 2 aromatic rings. The molecule has 24 heavy (non-hydrogen) atoms. The minimum Gasteiger partial charge on any atom is -0.508 e. The first kappa shape index (κ1) is 18.3. The Hall–Kier alpha value is -2.08. The van der Waals surface area contributed by atoms with Crippen molar-refractivity contribution in [2.75, 3.05) is 13.9 Å². The molecule has 5 nitrogen and oxygen atoms in total. The smallest absolute Gasteiger partial charge is 0.199 e. The van der Waals surface area contributed by atoms with Gasteiger partial charge in [-0.3, -0.25) is 0 Å². The molecule has 2 aromatic carbocycles. The molecule has 0 bridgehead atoms. The zero-order valence-electron chi connectivity index (χ0n) is 14.3. The highest BCUT2D eigenvalue weighted by atomic mass is 16.8. The van der Waals surface area contributed by atoms with Gasteiger partial charge >= 0.3 is 0 Å². The molecule has 5 heteroatoms. The molecule has 2 atom stereocenters. The summed E-state index contributed by atoms with van der Waals surface area (Å²) in [5, 5.41) is 9.30. The second-order valence-electron chi connectivity index (χ2n) is 5.43. The predicted octanol–water partition coefficient (Wildman–Crippen LogP) is 3.69. The summed E-state index contributed by atoms with van der Waals surface area (Å²) in [4.78, 5) is 0. The number of phenols is 1. The van der Waals surface area contributed by atoms with Gasteiger partial charge in [-0.05, 0) is 55.7 Å². The van der Waals surface area contributed by atoms with Crippen molar-refractivity contribution in [1.29, 1.82) is 0 Å². The number of methoxy groups -OCH3 is 1. The van der Waals surface area contributed by atoms with E-state index in [-0.39, 0.29) is 18.8 Å². The van der Waals surface area contributed by atoms with Crippen LogP contribution in [0.25, 0.3) is 0 Å². The molecule has 0 saturated carbocycles. The summed E-state index contributed by atoms with van der Waals surface area (Å²) >= 11 is 0. The van der Waals surface area contributed by atoms with E-state index in [9.17, 15) is 5.11 Å². The molecule has 0 aliphatic heterocycles. The van der Waals surface area contributed by atoms with Gasteiger partial charge < -0.3 is 24.1 Å². The van der Waals surface area contributed by atoms with Crippen LogP contribution in [0, 0.1) is 0 Å². The van der Waals surface area contributed by atoms with Gasteiger partial charge in [-0.2, -0.15) is 0 Å². The van der Waals surface area contributed by atoms with Crippen LogP contribution in [0.5, 0.6) is 11.5 Å². The molecular weight excluding hydrogens is 308 g/mol. The summed E-state index contributed by atoms with van der Waals surface area (Å²) in [7, 11) is 1.57. The van der Waals surface area contributed by atoms with E-state index in [4.69, 9.17) is 18.9 Å². The first-order chi connectivity index (χ1) is 11.6. The monoisotopic (exact) mass is 332 g/mol. The highest BCUT2D eigenvalue weighted by Gasteiger charge is 2.06. The van der Waals surface area contributed by atoms with E-state index in [1.807, 2.05) is 43.3 Å². The number of aromatic hydroxyl groups is 1. The van der Waals surface area contributed by atoms with Crippen LogP contribution in [0.3, 0.4) is 0 Å². The summed E-state index contributed by atoms with van der Waals surface area (Å²) in [6.45, 7) is 3.71. The van der Waals surface area contributed by atoms with Crippen LogP contribution >= 0.6 is 0 Å². The van der Waals surface area contributed by atoms with E-state index in [0.717, 1.165) is 17.7 Å². The van der Waals surface area contributed by atoms with E-state index in [2.05, 4.69) is 0 Å². The van der Waals surface area contributed by atoms with E-state index in [0.29, 0.717) is 0 Å². The second-order valence-corrected chi connectivity index (χ2v) is 5.43. The lowest BCUT2D eigenvalue weighted by atomic mass is 10.0. The standard InChI is InChI=1S/C19H24O5/c1-14(21-3)22-13-23-15(2)24-19-10-6-17(7-11-19)12-16-4-8-18(20)9-5-16/h4-11,14-15,20H,12-13H2,1-3H3. The van der Waals surface area contributed by atoms with Crippen molar-refractivity contribution in [3.8, 4) is 11.5 Å². The minimum atomic E-state index is -0.419. The fraction of sp³-hybridized carbons (Fsp3) is 0.368. The molecule has 0 radical (unpaired) electrons. The maximum absolute atomic E-state index is 9.30. The minimum absolute atomic E-state index is 0.106. The quantitative estimate of drug-likeness (QED) is 0.710. The molecule has 0 aromatic heterocycles. The van der Waals surface area contributed by atoms with Crippen LogP contribution in [-0.4, -0.2) is 31.6 Å². The molecule has 0 aliphatic rings. The van der Waals surface area contributed by atoms with Crippen LogP contribution in [0.2, 0.25) is 0 Å². The molecule has 0 aliphatic carbocycles. The average molecular weight is 332 g/mol. The molecule has 2 unspecified atom stereocenters. The van der Waals surface area contributed by atoms with E-state index in [1.54, 1.807) is 26.2 Å².